The van der Waals surface area contributed by atoms with Gasteiger partial charge in [0.2, 0.25) is 0 Å². The summed E-state index contributed by atoms with van der Waals surface area (Å²) in [7, 11) is 0. The molecule has 2 aromatic carbocycles. The second-order valence-corrected chi connectivity index (χ2v) is 5.45. The predicted molar refractivity (Wildman–Crippen MR) is 82.3 cm³/mol. The van der Waals surface area contributed by atoms with E-state index in [9.17, 15) is 4.39 Å². The van der Waals surface area contributed by atoms with Crippen molar-refractivity contribution < 1.29 is 4.39 Å². The monoisotopic (exact) mass is 271 g/mol. The Morgan fingerprint density at radius 3 is 2.10 bits per heavy atom. The standard InChI is InChI=1S/C18H22FN/c1-14(2)17-7-3-16(4-8-17)13-20-12-11-15-5-9-18(19)10-6-15/h3-10,14,20H,11-13H2,1-2H3. The topological polar surface area (TPSA) is 12.0 Å². The Morgan fingerprint density at radius 1 is 0.900 bits per heavy atom. The van der Waals surface area contributed by atoms with Gasteiger partial charge in [0.25, 0.3) is 0 Å². The van der Waals surface area contributed by atoms with Gasteiger partial charge in [0.15, 0.2) is 0 Å². The lowest BCUT2D eigenvalue weighted by Gasteiger charge is -2.08. The quantitative estimate of drug-likeness (QED) is 0.773. The molecule has 0 aliphatic heterocycles. The van der Waals surface area contributed by atoms with Crippen molar-refractivity contribution in [3.05, 3.63) is 71.0 Å². The fourth-order valence-electron chi connectivity index (χ4n) is 2.14. The van der Waals surface area contributed by atoms with Gasteiger partial charge in [0.1, 0.15) is 5.82 Å². The van der Waals surface area contributed by atoms with Crippen molar-refractivity contribution in [3.8, 4) is 0 Å². The van der Waals surface area contributed by atoms with E-state index in [0.29, 0.717) is 5.92 Å². The predicted octanol–water partition coefficient (Wildman–Crippen LogP) is 4.28. The van der Waals surface area contributed by atoms with Crippen molar-refractivity contribution in [3.63, 3.8) is 0 Å². The minimum atomic E-state index is -0.174. The molecule has 2 rings (SSSR count). The molecule has 0 aliphatic carbocycles. The van der Waals surface area contributed by atoms with Crippen molar-refractivity contribution in [2.75, 3.05) is 6.54 Å². The molecule has 0 radical (unpaired) electrons. The van der Waals surface area contributed by atoms with Crippen molar-refractivity contribution in [1.29, 1.82) is 0 Å². The Hall–Kier alpha value is -1.67. The summed E-state index contributed by atoms with van der Waals surface area (Å²) in [5, 5.41) is 3.42. The lowest BCUT2D eigenvalue weighted by Crippen LogP contribution is -2.16. The third-order valence-electron chi connectivity index (χ3n) is 3.48. The van der Waals surface area contributed by atoms with Crippen LogP contribution in [0.25, 0.3) is 0 Å². The third-order valence-corrected chi connectivity index (χ3v) is 3.48. The van der Waals surface area contributed by atoms with Crippen molar-refractivity contribution in [2.24, 2.45) is 0 Å². The van der Waals surface area contributed by atoms with Gasteiger partial charge in [0.05, 0.1) is 0 Å². The van der Waals surface area contributed by atoms with Crippen LogP contribution in [0, 0.1) is 5.82 Å². The summed E-state index contributed by atoms with van der Waals surface area (Å²) in [6.07, 6.45) is 0.921. The summed E-state index contributed by atoms with van der Waals surface area (Å²) < 4.78 is 12.8. The maximum absolute atomic E-state index is 12.8. The smallest absolute Gasteiger partial charge is 0.123 e. The SMILES string of the molecule is CC(C)c1ccc(CNCCc2ccc(F)cc2)cc1. The minimum Gasteiger partial charge on any atom is -0.312 e. The molecule has 0 fully saturated rings. The van der Waals surface area contributed by atoms with Gasteiger partial charge in [-0.25, -0.2) is 4.39 Å². The van der Waals surface area contributed by atoms with Gasteiger partial charge in [-0.15, -0.1) is 0 Å². The number of nitrogens with one attached hydrogen (secondary N) is 1. The average molecular weight is 271 g/mol. The third kappa shape index (κ3) is 4.46. The molecular formula is C18H22FN. The van der Waals surface area contributed by atoms with E-state index in [1.165, 1.54) is 23.3 Å². The molecule has 20 heavy (non-hydrogen) atoms. The summed E-state index contributed by atoms with van der Waals surface area (Å²) in [6, 6.07) is 15.5. The molecule has 0 aromatic heterocycles. The van der Waals surface area contributed by atoms with Crippen LogP contribution >= 0.6 is 0 Å². The second-order valence-electron chi connectivity index (χ2n) is 5.45. The molecule has 2 aromatic rings. The molecular weight excluding hydrogens is 249 g/mol. The summed E-state index contributed by atoms with van der Waals surface area (Å²) in [6.45, 7) is 6.18. The van der Waals surface area contributed by atoms with Crippen LogP contribution in [-0.2, 0) is 13.0 Å². The lowest BCUT2D eigenvalue weighted by atomic mass is 10.0. The molecule has 1 N–H and O–H groups in total. The van der Waals surface area contributed by atoms with Crippen molar-refractivity contribution in [2.45, 2.75) is 32.7 Å². The van der Waals surface area contributed by atoms with E-state index in [2.05, 4.69) is 43.4 Å². The molecule has 0 bridgehead atoms. The van der Waals surface area contributed by atoms with Crippen molar-refractivity contribution in [1.82, 2.24) is 5.32 Å². The molecule has 0 aliphatic rings. The fourth-order valence-corrected chi connectivity index (χ4v) is 2.14. The Labute approximate surface area is 120 Å². The summed E-state index contributed by atoms with van der Waals surface area (Å²) >= 11 is 0. The van der Waals surface area contributed by atoms with Crippen molar-refractivity contribution >= 4 is 0 Å². The van der Waals surface area contributed by atoms with Crippen LogP contribution in [0.3, 0.4) is 0 Å². The van der Waals surface area contributed by atoms with E-state index >= 15 is 0 Å². The number of rotatable bonds is 6. The molecule has 0 heterocycles. The highest BCUT2D eigenvalue weighted by Crippen LogP contribution is 2.14. The van der Waals surface area contributed by atoms with Crippen LogP contribution in [0.2, 0.25) is 0 Å². The van der Waals surface area contributed by atoms with E-state index in [-0.39, 0.29) is 5.82 Å². The molecule has 0 saturated heterocycles. The van der Waals surface area contributed by atoms with E-state index in [4.69, 9.17) is 0 Å². The first-order valence-corrected chi connectivity index (χ1v) is 7.19. The van der Waals surface area contributed by atoms with E-state index in [1.54, 1.807) is 0 Å². The first kappa shape index (κ1) is 14.7. The fraction of sp³-hybridized carbons (Fsp3) is 0.333. The summed E-state index contributed by atoms with van der Waals surface area (Å²) in [5.41, 5.74) is 3.84. The second kappa shape index (κ2) is 7.20. The van der Waals surface area contributed by atoms with Crippen LogP contribution in [0.1, 0.15) is 36.5 Å². The van der Waals surface area contributed by atoms with Gasteiger partial charge < -0.3 is 5.32 Å². The molecule has 106 valence electrons. The zero-order chi connectivity index (χ0) is 14.4. The number of benzene rings is 2. The van der Waals surface area contributed by atoms with Crippen LogP contribution in [0.4, 0.5) is 4.39 Å². The van der Waals surface area contributed by atoms with Gasteiger partial charge in [-0.05, 0) is 47.7 Å². The average Bonchev–Trinajstić information content (AvgIpc) is 2.46. The normalized spacial score (nSPS) is 11.0. The van der Waals surface area contributed by atoms with Crippen LogP contribution in [0.5, 0.6) is 0 Å². The molecule has 1 nitrogen and oxygen atoms in total. The number of hydrogen-bond acceptors (Lipinski definition) is 1. The van der Waals surface area contributed by atoms with Crippen LogP contribution in [0.15, 0.2) is 48.5 Å². The molecule has 0 atom stereocenters. The molecule has 0 unspecified atom stereocenters. The van der Waals surface area contributed by atoms with Gasteiger partial charge >= 0.3 is 0 Å². The summed E-state index contributed by atoms with van der Waals surface area (Å²) in [4.78, 5) is 0. The Bertz CT molecular complexity index is 514. The molecule has 0 spiro atoms. The minimum absolute atomic E-state index is 0.174. The highest BCUT2D eigenvalue weighted by molar-refractivity contribution is 5.24. The molecule has 0 amide bonds. The maximum atomic E-state index is 12.8. The number of hydrogen-bond donors (Lipinski definition) is 1. The highest BCUT2D eigenvalue weighted by atomic mass is 19.1. The lowest BCUT2D eigenvalue weighted by molar-refractivity contribution is 0.626. The zero-order valence-electron chi connectivity index (χ0n) is 12.2. The van der Waals surface area contributed by atoms with E-state index in [0.717, 1.165) is 25.1 Å². The zero-order valence-corrected chi connectivity index (χ0v) is 12.2. The first-order chi connectivity index (χ1) is 9.65. The highest BCUT2D eigenvalue weighted by Gasteiger charge is 1.99. The Kier molecular flexibility index (Phi) is 5.31. The van der Waals surface area contributed by atoms with Crippen LogP contribution in [-0.4, -0.2) is 6.54 Å². The van der Waals surface area contributed by atoms with E-state index < -0.39 is 0 Å². The molecule has 2 heteroatoms. The first-order valence-electron chi connectivity index (χ1n) is 7.19. The molecule has 0 saturated carbocycles. The number of halogens is 1. The maximum Gasteiger partial charge on any atom is 0.123 e. The van der Waals surface area contributed by atoms with Crippen LogP contribution < -0.4 is 5.32 Å². The Morgan fingerprint density at radius 2 is 1.50 bits per heavy atom. The largest absolute Gasteiger partial charge is 0.312 e. The Balaban J connectivity index is 1.74. The van der Waals surface area contributed by atoms with E-state index in [1.807, 2.05) is 12.1 Å². The van der Waals surface area contributed by atoms with Gasteiger partial charge in [-0.3, -0.25) is 0 Å². The van der Waals surface area contributed by atoms with Gasteiger partial charge in [-0.1, -0.05) is 50.2 Å². The van der Waals surface area contributed by atoms with Gasteiger partial charge in [0, 0.05) is 6.54 Å². The summed E-state index contributed by atoms with van der Waals surface area (Å²) in [5.74, 6) is 0.405. The van der Waals surface area contributed by atoms with Gasteiger partial charge in [-0.2, -0.15) is 0 Å².